The van der Waals surface area contributed by atoms with E-state index in [1.807, 2.05) is 17.2 Å². The molecule has 3 aliphatic rings. The minimum atomic E-state index is -4.64. The molecule has 0 atom stereocenters. The molecule has 5 heterocycles. The lowest BCUT2D eigenvalue weighted by atomic mass is 9.98. The quantitative estimate of drug-likeness (QED) is 0.285. The van der Waals surface area contributed by atoms with Crippen molar-refractivity contribution in [2.75, 3.05) is 57.8 Å². The van der Waals surface area contributed by atoms with Gasteiger partial charge in [0.2, 0.25) is 0 Å². The normalized spacial score (nSPS) is 18.0. The first-order valence-electron chi connectivity index (χ1n) is 16.3. The zero-order chi connectivity index (χ0) is 34.0. The van der Waals surface area contributed by atoms with E-state index >= 15 is 0 Å². The number of nitrogens with zero attached hydrogens (tertiary/aromatic N) is 8. The number of carbonyl (C=O) groups excluding carboxylic acids is 1. The lowest BCUT2D eigenvalue weighted by Crippen LogP contribution is -2.50. The standard InChI is InChI=1S/C33H40F4N8O3/c1-21(2)45(19-33(35,36)37)32(46)25-14-23(34)4-5-28(25)48-31-30(39-20-40-41-31)44-12-7-24(8-13-44)47-29-6-10-38-27-9-11-43(18-26(27)29)17-22-15-42(3)16-22/h4-6,10,14,20-22,24H,7-9,11-13,15-19H2,1-3H3. The van der Waals surface area contributed by atoms with Crippen molar-refractivity contribution in [1.29, 1.82) is 0 Å². The number of alkyl halides is 3. The van der Waals surface area contributed by atoms with Crippen LogP contribution < -0.4 is 14.4 Å². The van der Waals surface area contributed by atoms with E-state index in [-0.39, 0.29) is 23.3 Å². The van der Waals surface area contributed by atoms with Crippen LogP contribution in [0.3, 0.4) is 0 Å². The van der Waals surface area contributed by atoms with Gasteiger partial charge in [-0.25, -0.2) is 9.37 Å². The first-order chi connectivity index (χ1) is 22.9. The number of fused-ring (bicyclic) bond motifs is 1. The molecule has 48 heavy (non-hydrogen) atoms. The summed E-state index contributed by atoms with van der Waals surface area (Å²) in [6.07, 6.45) is 0.654. The molecule has 0 unspecified atom stereocenters. The smallest absolute Gasteiger partial charge is 0.406 e. The maximum absolute atomic E-state index is 14.3. The molecule has 3 aliphatic heterocycles. The van der Waals surface area contributed by atoms with Crippen molar-refractivity contribution in [1.82, 2.24) is 34.9 Å². The molecule has 15 heteroatoms. The Bertz CT molecular complexity index is 1600. The summed E-state index contributed by atoms with van der Waals surface area (Å²) in [5.74, 6) is -0.106. The second-order valence-electron chi connectivity index (χ2n) is 13.1. The SMILES string of the molecule is CC(C)N(CC(F)(F)F)C(=O)c1cc(F)ccc1Oc1nncnc1N1CCC(Oc2ccnc3c2CN(CC2CN(C)C2)CC3)CC1. The summed E-state index contributed by atoms with van der Waals surface area (Å²) >= 11 is 0. The zero-order valence-corrected chi connectivity index (χ0v) is 27.3. The van der Waals surface area contributed by atoms with Gasteiger partial charge in [0, 0.05) is 88.6 Å². The first-order valence-corrected chi connectivity index (χ1v) is 16.3. The van der Waals surface area contributed by atoms with E-state index in [1.54, 1.807) is 0 Å². The number of piperidine rings is 1. The number of likely N-dealkylation sites (tertiary alicyclic amines) is 1. The molecule has 0 aliphatic carbocycles. The van der Waals surface area contributed by atoms with E-state index in [9.17, 15) is 22.4 Å². The fourth-order valence-electron chi connectivity index (χ4n) is 6.65. The van der Waals surface area contributed by atoms with Crippen LogP contribution in [0.4, 0.5) is 23.4 Å². The summed E-state index contributed by atoms with van der Waals surface area (Å²) in [6, 6.07) is 4.25. The number of aromatic nitrogens is 4. The summed E-state index contributed by atoms with van der Waals surface area (Å²) in [7, 11) is 2.15. The second-order valence-corrected chi connectivity index (χ2v) is 13.1. The third-order valence-corrected chi connectivity index (χ3v) is 9.02. The van der Waals surface area contributed by atoms with Crippen LogP contribution in [0.25, 0.3) is 0 Å². The first kappa shape index (κ1) is 33.8. The van der Waals surface area contributed by atoms with Crippen molar-refractivity contribution in [2.45, 2.75) is 58.0 Å². The van der Waals surface area contributed by atoms with Gasteiger partial charge in [-0.2, -0.15) is 13.2 Å². The Morgan fingerprint density at radius 1 is 1.08 bits per heavy atom. The van der Waals surface area contributed by atoms with Crippen LogP contribution in [0.5, 0.6) is 17.4 Å². The summed E-state index contributed by atoms with van der Waals surface area (Å²) in [5.41, 5.74) is 1.88. The molecule has 0 bridgehead atoms. The van der Waals surface area contributed by atoms with E-state index < -0.39 is 30.5 Å². The van der Waals surface area contributed by atoms with Gasteiger partial charge in [0.15, 0.2) is 5.82 Å². The van der Waals surface area contributed by atoms with Gasteiger partial charge in [-0.1, -0.05) is 0 Å². The molecule has 11 nitrogen and oxygen atoms in total. The lowest BCUT2D eigenvalue weighted by molar-refractivity contribution is -0.143. The number of anilines is 1. The lowest BCUT2D eigenvalue weighted by Gasteiger charge is -2.40. The Morgan fingerprint density at radius 2 is 1.85 bits per heavy atom. The van der Waals surface area contributed by atoms with Crippen LogP contribution in [-0.4, -0.2) is 112 Å². The van der Waals surface area contributed by atoms with Crippen LogP contribution in [0.15, 0.2) is 36.8 Å². The van der Waals surface area contributed by atoms with Crippen LogP contribution in [-0.2, 0) is 13.0 Å². The third kappa shape index (κ3) is 7.95. The fourth-order valence-corrected chi connectivity index (χ4v) is 6.65. The summed E-state index contributed by atoms with van der Waals surface area (Å²) in [4.78, 5) is 29.7. The molecule has 2 fully saturated rings. The minimum absolute atomic E-state index is 0.0421. The molecule has 0 radical (unpaired) electrons. The molecule has 2 saturated heterocycles. The molecule has 6 rings (SSSR count). The van der Waals surface area contributed by atoms with E-state index in [4.69, 9.17) is 9.47 Å². The topological polar surface area (TPSA) is 100 Å². The van der Waals surface area contributed by atoms with Crippen molar-refractivity contribution in [3.05, 3.63) is 59.4 Å². The molecule has 3 aromatic rings. The Morgan fingerprint density at radius 3 is 2.56 bits per heavy atom. The number of amides is 1. The molecule has 0 saturated carbocycles. The maximum Gasteiger partial charge on any atom is 0.406 e. The van der Waals surface area contributed by atoms with Crippen molar-refractivity contribution in [3.8, 4) is 17.4 Å². The van der Waals surface area contributed by atoms with Crippen molar-refractivity contribution in [3.63, 3.8) is 0 Å². The molecule has 1 aromatic carbocycles. The van der Waals surface area contributed by atoms with Gasteiger partial charge < -0.3 is 24.2 Å². The van der Waals surface area contributed by atoms with Crippen molar-refractivity contribution in [2.24, 2.45) is 5.92 Å². The van der Waals surface area contributed by atoms with Gasteiger partial charge in [-0.3, -0.25) is 14.7 Å². The average Bonchev–Trinajstić information content (AvgIpc) is 3.04. The van der Waals surface area contributed by atoms with Crippen LogP contribution in [0, 0.1) is 11.7 Å². The number of hydrogen-bond acceptors (Lipinski definition) is 10. The Kier molecular flexibility index (Phi) is 9.97. The van der Waals surface area contributed by atoms with E-state index in [0.29, 0.717) is 42.6 Å². The highest BCUT2D eigenvalue weighted by molar-refractivity contribution is 5.97. The molecule has 258 valence electrons. The third-order valence-electron chi connectivity index (χ3n) is 9.02. The van der Waals surface area contributed by atoms with Crippen molar-refractivity contribution >= 4 is 11.7 Å². The molecular formula is C33H40F4N8O3. The van der Waals surface area contributed by atoms with Crippen LogP contribution >= 0.6 is 0 Å². The highest BCUT2D eigenvalue weighted by Gasteiger charge is 2.36. The predicted octanol–water partition coefficient (Wildman–Crippen LogP) is 4.58. The Hall–Kier alpha value is -4.11. The number of rotatable bonds is 10. The van der Waals surface area contributed by atoms with Crippen LogP contribution in [0.1, 0.15) is 48.3 Å². The molecule has 2 aromatic heterocycles. The second kappa shape index (κ2) is 14.2. The number of ether oxygens (including phenoxy) is 2. The zero-order valence-electron chi connectivity index (χ0n) is 27.3. The number of benzene rings is 1. The van der Waals surface area contributed by atoms with Gasteiger partial charge in [0.1, 0.15) is 36.3 Å². The number of pyridine rings is 1. The number of halogens is 4. The molecular weight excluding hydrogens is 632 g/mol. The maximum atomic E-state index is 14.3. The van der Waals surface area contributed by atoms with Gasteiger partial charge in [0.25, 0.3) is 11.8 Å². The Labute approximate surface area is 276 Å². The van der Waals surface area contributed by atoms with Gasteiger partial charge >= 0.3 is 6.18 Å². The highest BCUT2D eigenvalue weighted by atomic mass is 19.4. The molecule has 1 amide bonds. The summed E-state index contributed by atoms with van der Waals surface area (Å²) in [5, 5.41) is 7.89. The van der Waals surface area contributed by atoms with E-state index in [0.717, 1.165) is 68.3 Å². The monoisotopic (exact) mass is 672 g/mol. The largest absolute Gasteiger partial charge is 0.490 e. The molecule has 0 N–H and O–H groups in total. The van der Waals surface area contributed by atoms with Gasteiger partial charge in [0.05, 0.1) is 5.56 Å². The van der Waals surface area contributed by atoms with Crippen LogP contribution in [0.2, 0.25) is 0 Å². The summed E-state index contributed by atoms with van der Waals surface area (Å²) < 4.78 is 66.7. The minimum Gasteiger partial charge on any atom is -0.490 e. The summed E-state index contributed by atoms with van der Waals surface area (Å²) in [6.45, 7) is 7.68. The van der Waals surface area contributed by atoms with Crippen molar-refractivity contribution < 1.29 is 31.8 Å². The Balaban J connectivity index is 1.12. The van der Waals surface area contributed by atoms with E-state index in [1.165, 1.54) is 26.2 Å². The average molecular weight is 673 g/mol. The van der Waals surface area contributed by atoms with Gasteiger partial charge in [-0.05, 0) is 51.1 Å². The van der Waals surface area contributed by atoms with E-state index in [2.05, 4.69) is 37.0 Å². The number of carbonyl (C=O) groups is 1. The number of hydrogen-bond donors (Lipinski definition) is 0. The van der Waals surface area contributed by atoms with Gasteiger partial charge in [-0.15, -0.1) is 10.2 Å². The molecule has 0 spiro atoms. The fraction of sp³-hybridized carbons (Fsp3) is 0.545. The predicted molar refractivity (Wildman–Crippen MR) is 169 cm³/mol. The highest BCUT2D eigenvalue weighted by Crippen LogP contribution is 2.35.